The number of rotatable bonds is 9. The number of amides is 2. The third-order valence-electron chi connectivity index (χ3n) is 6.90. The molecule has 7 heteroatoms. The first-order valence-corrected chi connectivity index (χ1v) is 13.2. The summed E-state index contributed by atoms with van der Waals surface area (Å²) >= 11 is 1.55. The Kier molecular flexibility index (Phi) is 8.40. The second-order valence-electron chi connectivity index (χ2n) is 9.11. The van der Waals surface area contributed by atoms with Gasteiger partial charge in [-0.25, -0.2) is 4.79 Å². The number of furan rings is 1. The van der Waals surface area contributed by atoms with E-state index >= 15 is 0 Å². The fourth-order valence-electron chi connectivity index (χ4n) is 4.97. The van der Waals surface area contributed by atoms with Crippen LogP contribution in [0.3, 0.4) is 0 Å². The van der Waals surface area contributed by atoms with E-state index in [1.807, 2.05) is 6.07 Å². The number of hydrogen-bond acceptors (Lipinski definition) is 5. The van der Waals surface area contributed by atoms with Gasteiger partial charge in [-0.15, -0.1) is 11.3 Å². The van der Waals surface area contributed by atoms with E-state index in [2.05, 4.69) is 29.8 Å². The van der Waals surface area contributed by atoms with E-state index in [0.717, 1.165) is 93.0 Å². The molecule has 0 atom stereocenters. The van der Waals surface area contributed by atoms with Crippen LogP contribution in [0.25, 0.3) is 5.57 Å². The van der Waals surface area contributed by atoms with E-state index in [1.54, 1.807) is 23.9 Å². The minimum absolute atomic E-state index is 0.274. The topological polar surface area (TPSA) is 83.4 Å². The number of carbonyl (C=O) groups excluding carboxylic acids is 2. The highest BCUT2D eigenvalue weighted by Crippen LogP contribution is 2.37. The third kappa shape index (κ3) is 5.53. The molecule has 34 heavy (non-hydrogen) atoms. The van der Waals surface area contributed by atoms with Gasteiger partial charge < -0.3 is 15.1 Å². The molecule has 4 rings (SSSR count). The average molecular weight is 482 g/mol. The quantitative estimate of drug-likeness (QED) is 0.378. The first kappa shape index (κ1) is 24.5. The molecule has 2 aliphatic rings. The van der Waals surface area contributed by atoms with Crippen molar-refractivity contribution < 1.29 is 14.0 Å². The smallest absolute Gasteiger partial charge is 0.320 e. The molecule has 0 aromatic carbocycles. The Morgan fingerprint density at radius 3 is 2.88 bits per heavy atom. The van der Waals surface area contributed by atoms with Crippen LogP contribution in [0.1, 0.15) is 78.7 Å². The molecule has 2 amide bonds. The van der Waals surface area contributed by atoms with Crippen molar-refractivity contribution in [1.29, 1.82) is 0 Å². The Bertz CT molecular complexity index is 1080. The fourth-order valence-corrected chi connectivity index (χ4v) is 6.22. The maximum absolute atomic E-state index is 12.9. The van der Waals surface area contributed by atoms with Gasteiger partial charge in [0.15, 0.2) is 6.29 Å². The lowest BCUT2D eigenvalue weighted by Gasteiger charge is -2.25. The number of aldehydes is 1. The number of thiophene rings is 1. The summed E-state index contributed by atoms with van der Waals surface area (Å²) in [6, 6.07) is 1.69. The van der Waals surface area contributed by atoms with Crippen molar-refractivity contribution in [1.82, 2.24) is 10.6 Å². The summed E-state index contributed by atoms with van der Waals surface area (Å²) in [4.78, 5) is 25.9. The second-order valence-corrected chi connectivity index (χ2v) is 10.2. The molecule has 0 saturated heterocycles. The molecule has 1 aliphatic heterocycles. The molecule has 3 N–H and O–H groups in total. The zero-order valence-electron chi connectivity index (χ0n) is 20.2. The molecule has 1 aliphatic carbocycles. The first-order valence-electron chi connectivity index (χ1n) is 12.4. The van der Waals surface area contributed by atoms with E-state index in [0.29, 0.717) is 17.1 Å². The van der Waals surface area contributed by atoms with E-state index in [4.69, 9.17) is 4.42 Å². The zero-order chi connectivity index (χ0) is 23.9. The predicted octanol–water partition coefficient (Wildman–Crippen LogP) is 6.11. The van der Waals surface area contributed by atoms with Crippen LogP contribution in [-0.2, 0) is 12.8 Å². The van der Waals surface area contributed by atoms with Gasteiger partial charge in [0.2, 0.25) is 0 Å². The Labute approximate surface area is 205 Å². The van der Waals surface area contributed by atoms with Crippen molar-refractivity contribution in [2.45, 2.75) is 65.2 Å². The van der Waals surface area contributed by atoms with Gasteiger partial charge in [0.1, 0.15) is 5.00 Å². The molecule has 0 saturated carbocycles. The molecular formula is C27H35N3O3S. The van der Waals surface area contributed by atoms with E-state index < -0.39 is 0 Å². The van der Waals surface area contributed by atoms with Crippen molar-refractivity contribution in [3.8, 4) is 0 Å². The number of urea groups is 1. The molecule has 2 aromatic heterocycles. The van der Waals surface area contributed by atoms with Crippen molar-refractivity contribution >= 4 is 34.2 Å². The van der Waals surface area contributed by atoms with Crippen LogP contribution in [-0.4, -0.2) is 32.0 Å². The number of hydrogen-bond donors (Lipinski definition) is 3. The van der Waals surface area contributed by atoms with Gasteiger partial charge in [0.25, 0.3) is 0 Å². The van der Waals surface area contributed by atoms with Crippen molar-refractivity contribution in [3.05, 3.63) is 56.9 Å². The van der Waals surface area contributed by atoms with Crippen LogP contribution in [0.2, 0.25) is 0 Å². The average Bonchev–Trinajstić information content (AvgIpc) is 3.51. The highest BCUT2D eigenvalue weighted by atomic mass is 32.1. The van der Waals surface area contributed by atoms with Gasteiger partial charge >= 0.3 is 6.03 Å². The number of nitrogens with one attached hydrogen (secondary N) is 3. The van der Waals surface area contributed by atoms with Crippen LogP contribution >= 0.6 is 11.3 Å². The van der Waals surface area contributed by atoms with Crippen molar-refractivity contribution in [2.75, 3.05) is 25.0 Å². The van der Waals surface area contributed by atoms with Gasteiger partial charge in [-0.3, -0.25) is 10.1 Å². The van der Waals surface area contributed by atoms with Crippen molar-refractivity contribution in [3.63, 3.8) is 0 Å². The molecule has 3 heterocycles. The van der Waals surface area contributed by atoms with Crippen LogP contribution in [0, 0.1) is 0 Å². The Morgan fingerprint density at radius 1 is 1.26 bits per heavy atom. The first-order chi connectivity index (χ1) is 16.6. The molecule has 0 spiro atoms. The molecule has 2 aromatic rings. The van der Waals surface area contributed by atoms with Gasteiger partial charge in [0.05, 0.1) is 18.1 Å². The fraction of sp³-hybridized carbons (Fsp3) is 0.481. The molecule has 0 fully saturated rings. The summed E-state index contributed by atoms with van der Waals surface area (Å²) in [5.41, 5.74) is 7.88. The number of carbonyl (C=O) groups is 2. The highest BCUT2D eigenvalue weighted by Gasteiger charge is 2.23. The van der Waals surface area contributed by atoms with Crippen molar-refractivity contribution in [2.24, 2.45) is 0 Å². The number of unbranched alkanes of at least 4 members (excludes halogenated alkanes) is 1. The van der Waals surface area contributed by atoms with Gasteiger partial charge in [-0.05, 0) is 86.8 Å². The van der Waals surface area contributed by atoms with Crippen LogP contribution in [0.15, 0.2) is 39.7 Å². The summed E-state index contributed by atoms with van der Waals surface area (Å²) in [5, 5.41) is 10.2. The largest absolute Gasteiger partial charge is 0.472 e. The number of anilines is 1. The van der Waals surface area contributed by atoms with Crippen LogP contribution in [0.5, 0.6) is 0 Å². The second kappa shape index (κ2) is 11.7. The monoisotopic (exact) mass is 481 g/mol. The normalized spacial score (nSPS) is 16.6. The lowest BCUT2D eigenvalue weighted by molar-refractivity contribution is 0.112. The molecule has 0 unspecified atom stereocenters. The predicted molar refractivity (Wildman–Crippen MR) is 139 cm³/mol. The highest BCUT2D eigenvalue weighted by molar-refractivity contribution is 7.16. The molecule has 0 bridgehead atoms. The molecular weight excluding hydrogens is 446 g/mol. The Balaban J connectivity index is 1.55. The van der Waals surface area contributed by atoms with Crippen LogP contribution < -0.4 is 16.0 Å². The Morgan fingerprint density at radius 2 is 2.12 bits per heavy atom. The summed E-state index contributed by atoms with van der Waals surface area (Å²) < 4.78 is 5.34. The summed E-state index contributed by atoms with van der Waals surface area (Å²) in [7, 11) is 0. The summed E-state index contributed by atoms with van der Waals surface area (Å²) in [6.45, 7) is 6.57. The molecule has 182 valence electrons. The van der Waals surface area contributed by atoms with Gasteiger partial charge in [-0.2, -0.15) is 0 Å². The zero-order valence-corrected chi connectivity index (χ0v) is 21.0. The maximum Gasteiger partial charge on any atom is 0.320 e. The van der Waals surface area contributed by atoms with E-state index in [1.165, 1.54) is 16.0 Å². The van der Waals surface area contributed by atoms with E-state index in [9.17, 15) is 9.59 Å². The summed E-state index contributed by atoms with van der Waals surface area (Å²) in [6.07, 6.45) is 12.8. The lowest BCUT2D eigenvalue weighted by Crippen LogP contribution is -2.33. The molecule has 0 radical (unpaired) electrons. The third-order valence-corrected chi connectivity index (χ3v) is 8.13. The SMILES string of the molecule is CCCCC1=C(/C(CNC(=O)Nc2sc3c(c2C=O)CCCC3)=C(\C)c2ccoc2)CCNC1. The Hall–Kier alpha value is -2.64. The molecule has 6 nitrogen and oxygen atoms in total. The maximum atomic E-state index is 12.9. The number of fused-ring (bicyclic) bond motifs is 1. The van der Waals surface area contributed by atoms with Gasteiger partial charge in [-0.1, -0.05) is 18.9 Å². The lowest BCUT2D eigenvalue weighted by atomic mass is 9.87. The van der Waals surface area contributed by atoms with Gasteiger partial charge in [0, 0.05) is 23.5 Å². The summed E-state index contributed by atoms with van der Waals surface area (Å²) in [5.74, 6) is 0. The number of allylic oxidation sites excluding steroid dienone is 1. The minimum atomic E-state index is -0.274. The van der Waals surface area contributed by atoms with E-state index in [-0.39, 0.29) is 6.03 Å². The number of aryl methyl sites for hydroxylation is 1. The minimum Gasteiger partial charge on any atom is -0.472 e. The standard InChI is InChI=1S/C27H35N3O3S/c1-3-4-7-19-14-28-12-10-21(19)23(18(2)20-11-13-33-17-20)15-29-27(32)30-26-24(16-31)22-8-5-6-9-25(22)34-26/h11,13,16-17,28H,3-10,12,14-15H2,1-2H3,(H2,29,30,32)/b23-18+. The van der Waals surface area contributed by atoms with Crippen LogP contribution in [0.4, 0.5) is 9.80 Å².